The largest absolute Gasteiger partial charge is 0.380 e. The topological polar surface area (TPSA) is 80.1 Å². The summed E-state index contributed by atoms with van der Waals surface area (Å²) in [5, 5.41) is 17.4. The second-order valence-corrected chi connectivity index (χ2v) is 4.61. The van der Waals surface area contributed by atoms with E-state index in [1.807, 2.05) is 26.0 Å². The van der Waals surface area contributed by atoms with E-state index in [1.54, 1.807) is 24.4 Å². The highest BCUT2D eigenvalue weighted by Crippen LogP contribution is 2.33. The number of rotatable bonds is 6. The smallest absolute Gasteiger partial charge is 0.315 e. The van der Waals surface area contributed by atoms with Gasteiger partial charge in [-0.25, -0.2) is 0 Å². The molecule has 1 heterocycles. The van der Waals surface area contributed by atoms with Gasteiger partial charge in [0.1, 0.15) is 11.4 Å². The predicted molar refractivity (Wildman–Crippen MR) is 83.6 cm³/mol. The van der Waals surface area contributed by atoms with Gasteiger partial charge in [-0.3, -0.25) is 15.1 Å². The third kappa shape index (κ3) is 3.47. The summed E-state index contributed by atoms with van der Waals surface area (Å²) >= 11 is 0. The molecular formula is C15H18N4O2. The highest BCUT2D eigenvalue weighted by Gasteiger charge is 2.19. The molecule has 2 aromatic rings. The van der Waals surface area contributed by atoms with Crippen LogP contribution in [0.4, 0.5) is 17.1 Å². The molecule has 0 bridgehead atoms. The zero-order chi connectivity index (χ0) is 15.2. The molecule has 110 valence electrons. The summed E-state index contributed by atoms with van der Waals surface area (Å²) in [4.78, 5) is 15.2. The van der Waals surface area contributed by atoms with Crippen LogP contribution in [0.15, 0.2) is 36.5 Å². The first kappa shape index (κ1) is 14.8. The molecule has 0 saturated carbocycles. The number of nitrogens with one attached hydrogen (secondary N) is 2. The fourth-order valence-corrected chi connectivity index (χ4v) is 2.10. The van der Waals surface area contributed by atoms with Gasteiger partial charge in [-0.2, -0.15) is 0 Å². The number of nitro benzene ring substituents is 1. The van der Waals surface area contributed by atoms with Gasteiger partial charge in [0.2, 0.25) is 0 Å². The fourth-order valence-electron chi connectivity index (χ4n) is 2.10. The number of pyridine rings is 1. The predicted octanol–water partition coefficient (Wildman–Crippen LogP) is 3.34. The van der Waals surface area contributed by atoms with Gasteiger partial charge in [0, 0.05) is 12.7 Å². The van der Waals surface area contributed by atoms with Crippen molar-refractivity contribution in [3.63, 3.8) is 0 Å². The van der Waals surface area contributed by atoms with Crippen LogP contribution >= 0.6 is 0 Å². The molecule has 6 nitrogen and oxygen atoms in total. The Morgan fingerprint density at radius 2 is 1.90 bits per heavy atom. The minimum absolute atomic E-state index is 0.0629. The minimum atomic E-state index is -0.369. The quantitative estimate of drug-likeness (QED) is 0.629. The van der Waals surface area contributed by atoms with Crippen LogP contribution < -0.4 is 10.6 Å². The van der Waals surface area contributed by atoms with Gasteiger partial charge in [0.15, 0.2) is 0 Å². The van der Waals surface area contributed by atoms with E-state index in [1.165, 1.54) is 0 Å². The summed E-state index contributed by atoms with van der Waals surface area (Å²) in [5.41, 5.74) is 3.00. The van der Waals surface area contributed by atoms with Crippen LogP contribution in [0, 0.1) is 17.0 Å². The Kier molecular flexibility index (Phi) is 4.71. The standard InChI is InChI=1S/C15H18N4O2/c1-3-16-12-7-4-8-13(15(12)19(20)21)18-10-14-11(2)6-5-9-17-14/h4-9,16,18H,3,10H2,1-2H3. The van der Waals surface area contributed by atoms with Crippen LogP contribution in [0.3, 0.4) is 0 Å². The number of hydrogen-bond donors (Lipinski definition) is 2. The second-order valence-electron chi connectivity index (χ2n) is 4.61. The maximum Gasteiger partial charge on any atom is 0.315 e. The van der Waals surface area contributed by atoms with Crippen molar-refractivity contribution in [1.82, 2.24) is 4.98 Å². The molecule has 1 aromatic heterocycles. The van der Waals surface area contributed by atoms with Crippen molar-refractivity contribution in [2.75, 3.05) is 17.2 Å². The molecule has 1 aromatic carbocycles. The molecule has 0 saturated heterocycles. The maximum absolute atomic E-state index is 11.3. The molecule has 0 spiro atoms. The summed E-state index contributed by atoms with van der Waals surface area (Å²) in [6.45, 7) is 4.95. The first-order chi connectivity index (χ1) is 10.1. The van der Waals surface area contributed by atoms with E-state index < -0.39 is 0 Å². The van der Waals surface area contributed by atoms with Gasteiger partial charge in [-0.1, -0.05) is 12.1 Å². The van der Waals surface area contributed by atoms with Gasteiger partial charge in [-0.05, 0) is 37.6 Å². The van der Waals surface area contributed by atoms with Gasteiger partial charge >= 0.3 is 5.69 Å². The Bertz CT molecular complexity index is 643. The second kappa shape index (κ2) is 6.69. The zero-order valence-corrected chi connectivity index (χ0v) is 12.1. The Balaban J connectivity index is 2.25. The molecule has 2 N–H and O–H groups in total. The molecular weight excluding hydrogens is 268 g/mol. The highest BCUT2D eigenvalue weighted by molar-refractivity contribution is 5.76. The summed E-state index contributed by atoms with van der Waals surface area (Å²) in [6.07, 6.45) is 1.72. The Morgan fingerprint density at radius 3 is 2.52 bits per heavy atom. The van der Waals surface area contributed by atoms with Gasteiger partial charge in [0.05, 0.1) is 17.2 Å². The lowest BCUT2D eigenvalue weighted by Crippen LogP contribution is -2.08. The number of hydrogen-bond acceptors (Lipinski definition) is 5. The van der Waals surface area contributed by atoms with Gasteiger partial charge in [-0.15, -0.1) is 0 Å². The minimum Gasteiger partial charge on any atom is -0.380 e. The number of nitro groups is 1. The van der Waals surface area contributed by atoms with Gasteiger partial charge < -0.3 is 10.6 Å². The summed E-state index contributed by atoms with van der Waals surface area (Å²) < 4.78 is 0. The number of benzene rings is 1. The summed E-state index contributed by atoms with van der Waals surface area (Å²) in [5.74, 6) is 0. The van der Waals surface area contributed by atoms with Crippen LogP contribution in [-0.2, 0) is 6.54 Å². The molecule has 0 atom stereocenters. The number of anilines is 2. The molecule has 0 aliphatic rings. The van der Waals surface area contributed by atoms with Crippen molar-refractivity contribution in [2.24, 2.45) is 0 Å². The van der Waals surface area contributed by atoms with Crippen molar-refractivity contribution in [2.45, 2.75) is 20.4 Å². The van der Waals surface area contributed by atoms with E-state index in [0.717, 1.165) is 11.3 Å². The number of nitrogens with zero attached hydrogens (tertiary/aromatic N) is 2. The third-order valence-corrected chi connectivity index (χ3v) is 3.15. The Morgan fingerprint density at radius 1 is 1.19 bits per heavy atom. The van der Waals surface area contributed by atoms with E-state index in [9.17, 15) is 10.1 Å². The molecule has 0 fully saturated rings. The Labute approximate surface area is 123 Å². The van der Waals surface area contributed by atoms with E-state index in [0.29, 0.717) is 24.5 Å². The first-order valence-electron chi connectivity index (χ1n) is 6.79. The summed E-state index contributed by atoms with van der Waals surface area (Å²) in [6, 6.07) is 9.04. The molecule has 2 rings (SSSR count). The molecule has 6 heteroatoms. The molecule has 0 unspecified atom stereocenters. The molecule has 21 heavy (non-hydrogen) atoms. The van der Waals surface area contributed by atoms with Crippen molar-refractivity contribution in [3.05, 3.63) is 57.9 Å². The van der Waals surface area contributed by atoms with Crippen LogP contribution in [-0.4, -0.2) is 16.5 Å². The average Bonchev–Trinajstić information content (AvgIpc) is 2.46. The highest BCUT2D eigenvalue weighted by atomic mass is 16.6. The van der Waals surface area contributed by atoms with Gasteiger partial charge in [0.25, 0.3) is 0 Å². The summed E-state index contributed by atoms with van der Waals surface area (Å²) in [7, 11) is 0. The molecule has 0 aliphatic heterocycles. The fraction of sp³-hybridized carbons (Fsp3) is 0.267. The van der Waals surface area contributed by atoms with Crippen molar-refractivity contribution in [3.8, 4) is 0 Å². The van der Waals surface area contributed by atoms with Crippen LogP contribution in [0.25, 0.3) is 0 Å². The van der Waals surface area contributed by atoms with Crippen LogP contribution in [0.1, 0.15) is 18.2 Å². The lowest BCUT2D eigenvalue weighted by atomic mass is 10.2. The number of aryl methyl sites for hydroxylation is 1. The van der Waals surface area contributed by atoms with Crippen LogP contribution in [0.5, 0.6) is 0 Å². The van der Waals surface area contributed by atoms with E-state index in [2.05, 4.69) is 15.6 Å². The monoisotopic (exact) mass is 286 g/mol. The first-order valence-corrected chi connectivity index (χ1v) is 6.79. The normalized spacial score (nSPS) is 10.2. The number of aromatic nitrogens is 1. The van der Waals surface area contributed by atoms with Crippen LogP contribution in [0.2, 0.25) is 0 Å². The van der Waals surface area contributed by atoms with E-state index in [-0.39, 0.29) is 10.6 Å². The van der Waals surface area contributed by atoms with E-state index >= 15 is 0 Å². The van der Waals surface area contributed by atoms with Crippen molar-refractivity contribution >= 4 is 17.1 Å². The average molecular weight is 286 g/mol. The maximum atomic E-state index is 11.3. The lowest BCUT2D eigenvalue weighted by Gasteiger charge is -2.11. The lowest BCUT2D eigenvalue weighted by molar-refractivity contribution is -0.383. The zero-order valence-electron chi connectivity index (χ0n) is 12.1. The molecule has 0 radical (unpaired) electrons. The van der Waals surface area contributed by atoms with Crippen molar-refractivity contribution in [1.29, 1.82) is 0 Å². The Hall–Kier alpha value is -2.63. The van der Waals surface area contributed by atoms with E-state index in [4.69, 9.17) is 0 Å². The number of para-hydroxylation sites is 1. The van der Waals surface area contributed by atoms with Crippen molar-refractivity contribution < 1.29 is 4.92 Å². The third-order valence-electron chi connectivity index (χ3n) is 3.15. The SMILES string of the molecule is CCNc1cccc(NCc2ncccc2C)c1[N+](=O)[O-]. The molecule has 0 aliphatic carbocycles. The molecule has 0 amide bonds.